The number of piperidine rings is 1. The predicted molar refractivity (Wildman–Crippen MR) is 63.9 cm³/mol. The maximum atomic E-state index is 11.4. The van der Waals surface area contributed by atoms with E-state index < -0.39 is 0 Å². The molecule has 1 heterocycles. The van der Waals surface area contributed by atoms with Crippen LogP contribution in [-0.4, -0.2) is 30.3 Å². The highest BCUT2D eigenvalue weighted by molar-refractivity contribution is 5.81. The second-order valence-electron chi connectivity index (χ2n) is 6.38. The number of hydrogen-bond acceptors (Lipinski definition) is 2. The van der Waals surface area contributed by atoms with Gasteiger partial charge in [-0.2, -0.15) is 0 Å². The zero-order valence-corrected chi connectivity index (χ0v) is 10.9. The number of likely N-dealkylation sites (tertiary alicyclic amines) is 1. The highest BCUT2D eigenvalue weighted by Gasteiger charge is 2.31. The maximum absolute atomic E-state index is 11.4. The third kappa shape index (κ3) is 3.60. The van der Waals surface area contributed by atoms with Gasteiger partial charge in [-0.1, -0.05) is 27.7 Å². The number of ketones is 1. The Balaban J connectivity index is 2.46. The van der Waals surface area contributed by atoms with Gasteiger partial charge in [0.1, 0.15) is 5.78 Å². The lowest BCUT2D eigenvalue weighted by molar-refractivity contribution is -0.126. The van der Waals surface area contributed by atoms with E-state index in [1.54, 1.807) is 6.92 Å². The summed E-state index contributed by atoms with van der Waals surface area (Å²) in [4.78, 5) is 13.9. The zero-order chi connectivity index (χ0) is 11.7. The molecule has 0 N–H and O–H groups in total. The second kappa shape index (κ2) is 4.25. The van der Waals surface area contributed by atoms with E-state index in [0.29, 0.717) is 11.2 Å². The van der Waals surface area contributed by atoms with Gasteiger partial charge in [0.2, 0.25) is 0 Å². The van der Waals surface area contributed by atoms with Crippen LogP contribution in [0.15, 0.2) is 0 Å². The minimum absolute atomic E-state index is 0.179. The van der Waals surface area contributed by atoms with Crippen LogP contribution in [0.3, 0.4) is 0 Å². The van der Waals surface area contributed by atoms with E-state index in [2.05, 4.69) is 32.6 Å². The molecule has 1 aliphatic heterocycles. The quantitative estimate of drug-likeness (QED) is 0.715. The maximum Gasteiger partial charge on any atom is 0.136 e. The molecule has 1 rings (SSSR count). The standard InChI is InChI=1S/C13H25NO/c1-11(15)13(4,5)10-14-8-6-12(2,3)7-9-14/h6-10H2,1-5H3. The van der Waals surface area contributed by atoms with E-state index >= 15 is 0 Å². The topological polar surface area (TPSA) is 20.3 Å². The third-order valence-corrected chi connectivity index (χ3v) is 3.78. The summed E-state index contributed by atoms with van der Waals surface area (Å²) in [6.45, 7) is 13.7. The van der Waals surface area contributed by atoms with E-state index in [-0.39, 0.29) is 5.41 Å². The van der Waals surface area contributed by atoms with Crippen molar-refractivity contribution in [3.05, 3.63) is 0 Å². The number of nitrogens with zero attached hydrogens (tertiary/aromatic N) is 1. The van der Waals surface area contributed by atoms with Gasteiger partial charge in [-0.05, 0) is 38.3 Å². The van der Waals surface area contributed by atoms with Crippen LogP contribution in [-0.2, 0) is 4.79 Å². The van der Waals surface area contributed by atoms with Crippen LogP contribution in [0.4, 0.5) is 0 Å². The molecular formula is C13H25NO. The van der Waals surface area contributed by atoms with E-state index in [1.807, 2.05) is 0 Å². The molecule has 1 fully saturated rings. The van der Waals surface area contributed by atoms with Crippen molar-refractivity contribution in [1.82, 2.24) is 4.90 Å². The first-order valence-corrected chi connectivity index (χ1v) is 5.96. The molecule has 0 saturated carbocycles. The van der Waals surface area contributed by atoms with E-state index in [0.717, 1.165) is 19.6 Å². The summed E-state index contributed by atoms with van der Waals surface area (Å²) < 4.78 is 0. The van der Waals surface area contributed by atoms with Crippen molar-refractivity contribution >= 4 is 5.78 Å². The average molecular weight is 211 g/mol. The number of hydrogen-bond donors (Lipinski definition) is 0. The fourth-order valence-electron chi connectivity index (χ4n) is 1.99. The van der Waals surface area contributed by atoms with Crippen LogP contribution >= 0.6 is 0 Å². The monoisotopic (exact) mass is 211 g/mol. The Kier molecular flexibility index (Phi) is 3.59. The molecule has 1 aliphatic rings. The Hall–Kier alpha value is -0.370. The summed E-state index contributed by atoms with van der Waals surface area (Å²) in [5.41, 5.74) is 0.318. The van der Waals surface area contributed by atoms with E-state index in [4.69, 9.17) is 0 Å². The fraction of sp³-hybridized carbons (Fsp3) is 0.923. The molecule has 0 spiro atoms. The van der Waals surface area contributed by atoms with E-state index in [9.17, 15) is 4.79 Å². The van der Waals surface area contributed by atoms with Gasteiger partial charge in [0.25, 0.3) is 0 Å². The van der Waals surface area contributed by atoms with Crippen molar-refractivity contribution in [3.63, 3.8) is 0 Å². The normalized spacial score (nSPS) is 22.7. The summed E-state index contributed by atoms with van der Waals surface area (Å²) in [6, 6.07) is 0. The van der Waals surface area contributed by atoms with Gasteiger partial charge in [-0.15, -0.1) is 0 Å². The average Bonchev–Trinajstić information content (AvgIpc) is 2.08. The molecule has 0 aliphatic carbocycles. The van der Waals surface area contributed by atoms with Gasteiger partial charge >= 0.3 is 0 Å². The second-order valence-corrected chi connectivity index (χ2v) is 6.38. The molecule has 2 nitrogen and oxygen atoms in total. The largest absolute Gasteiger partial charge is 0.302 e. The highest BCUT2D eigenvalue weighted by Crippen LogP contribution is 2.31. The van der Waals surface area contributed by atoms with Crippen LogP contribution in [0.5, 0.6) is 0 Å². The molecule has 0 unspecified atom stereocenters. The molecule has 0 atom stereocenters. The Morgan fingerprint density at radius 1 is 1.27 bits per heavy atom. The van der Waals surface area contributed by atoms with Crippen LogP contribution < -0.4 is 0 Å². The highest BCUT2D eigenvalue weighted by atomic mass is 16.1. The Labute approximate surface area is 94.0 Å². The molecular weight excluding hydrogens is 186 g/mol. The lowest BCUT2D eigenvalue weighted by Gasteiger charge is -2.39. The van der Waals surface area contributed by atoms with Crippen molar-refractivity contribution < 1.29 is 4.79 Å². The van der Waals surface area contributed by atoms with Gasteiger partial charge in [0, 0.05) is 12.0 Å². The smallest absolute Gasteiger partial charge is 0.136 e. The molecule has 0 aromatic rings. The van der Waals surface area contributed by atoms with E-state index in [1.165, 1.54) is 12.8 Å². The molecule has 88 valence electrons. The number of carbonyl (C=O) groups is 1. The van der Waals surface area contributed by atoms with Crippen LogP contribution in [0.1, 0.15) is 47.5 Å². The van der Waals surface area contributed by atoms with Gasteiger partial charge < -0.3 is 4.90 Å². The molecule has 0 aromatic carbocycles. The van der Waals surface area contributed by atoms with Gasteiger partial charge in [-0.3, -0.25) is 4.79 Å². The summed E-state index contributed by atoms with van der Waals surface area (Å²) in [6.07, 6.45) is 2.50. The van der Waals surface area contributed by atoms with Crippen LogP contribution in [0.2, 0.25) is 0 Å². The molecule has 0 bridgehead atoms. The molecule has 15 heavy (non-hydrogen) atoms. The SMILES string of the molecule is CC(=O)C(C)(C)CN1CCC(C)(C)CC1. The molecule has 2 heteroatoms. The third-order valence-electron chi connectivity index (χ3n) is 3.78. The lowest BCUT2D eigenvalue weighted by Crippen LogP contribution is -2.44. The Morgan fingerprint density at radius 2 is 1.73 bits per heavy atom. The lowest BCUT2D eigenvalue weighted by atomic mass is 9.81. The number of carbonyl (C=O) groups excluding carboxylic acids is 1. The van der Waals surface area contributed by atoms with Crippen molar-refractivity contribution in [1.29, 1.82) is 0 Å². The minimum Gasteiger partial charge on any atom is -0.302 e. The Bertz CT molecular complexity index is 233. The van der Waals surface area contributed by atoms with Crippen molar-refractivity contribution in [2.75, 3.05) is 19.6 Å². The minimum atomic E-state index is -0.179. The molecule has 1 saturated heterocycles. The Morgan fingerprint density at radius 3 is 2.13 bits per heavy atom. The first-order valence-electron chi connectivity index (χ1n) is 5.96. The first-order chi connectivity index (χ1) is 6.73. The predicted octanol–water partition coefficient (Wildman–Crippen LogP) is 2.72. The number of Topliss-reactive ketones (excluding diaryl/α,β-unsaturated/α-hetero) is 1. The summed E-state index contributed by atoms with van der Waals surface area (Å²) >= 11 is 0. The van der Waals surface area contributed by atoms with Crippen molar-refractivity contribution in [2.24, 2.45) is 10.8 Å². The summed E-state index contributed by atoms with van der Waals surface area (Å²) in [5, 5.41) is 0. The van der Waals surface area contributed by atoms with Crippen molar-refractivity contribution in [2.45, 2.75) is 47.5 Å². The van der Waals surface area contributed by atoms with Gasteiger partial charge in [0.05, 0.1) is 0 Å². The molecule has 0 amide bonds. The molecule has 0 radical (unpaired) electrons. The summed E-state index contributed by atoms with van der Waals surface area (Å²) in [5.74, 6) is 0.298. The summed E-state index contributed by atoms with van der Waals surface area (Å²) in [7, 11) is 0. The van der Waals surface area contributed by atoms with Gasteiger partial charge in [0.15, 0.2) is 0 Å². The number of rotatable bonds is 3. The van der Waals surface area contributed by atoms with Gasteiger partial charge in [-0.25, -0.2) is 0 Å². The zero-order valence-electron chi connectivity index (χ0n) is 10.9. The fourth-order valence-corrected chi connectivity index (χ4v) is 1.99. The van der Waals surface area contributed by atoms with Crippen LogP contribution in [0.25, 0.3) is 0 Å². The first kappa shape index (κ1) is 12.7. The van der Waals surface area contributed by atoms with Crippen molar-refractivity contribution in [3.8, 4) is 0 Å². The molecule has 0 aromatic heterocycles. The van der Waals surface area contributed by atoms with Crippen LogP contribution in [0, 0.1) is 10.8 Å².